The fraction of sp³-hybridized carbons (Fsp3) is 0.632. The number of carbonyl (C=O) groups is 1. The highest BCUT2D eigenvalue weighted by atomic mass is 19.4. The Bertz CT molecular complexity index is 688. The van der Waals surface area contributed by atoms with Crippen molar-refractivity contribution in [1.29, 1.82) is 0 Å². The molecule has 8 heteroatoms. The van der Waals surface area contributed by atoms with Crippen molar-refractivity contribution in [2.24, 2.45) is 0 Å². The monoisotopic (exact) mass is 386 g/mol. The van der Waals surface area contributed by atoms with Crippen LogP contribution >= 0.6 is 0 Å². The van der Waals surface area contributed by atoms with Crippen molar-refractivity contribution < 1.29 is 27.4 Å². The van der Waals surface area contributed by atoms with Crippen LogP contribution in [0.4, 0.5) is 13.2 Å². The van der Waals surface area contributed by atoms with Crippen molar-refractivity contribution in [2.75, 3.05) is 33.4 Å². The number of alkyl halides is 3. The molecule has 1 aromatic rings. The van der Waals surface area contributed by atoms with E-state index in [2.05, 4.69) is 10.2 Å². The van der Waals surface area contributed by atoms with E-state index in [1.807, 2.05) is 0 Å². The van der Waals surface area contributed by atoms with Crippen LogP contribution in [-0.4, -0.2) is 56.3 Å². The van der Waals surface area contributed by atoms with Crippen molar-refractivity contribution in [3.05, 3.63) is 28.8 Å². The number of benzene rings is 1. The molecule has 1 unspecified atom stereocenters. The molecule has 1 aromatic carbocycles. The normalized spacial score (nSPS) is 24.0. The van der Waals surface area contributed by atoms with Crippen LogP contribution in [0.1, 0.15) is 40.7 Å². The Hall–Kier alpha value is -1.80. The second kappa shape index (κ2) is 8.06. The Balaban J connectivity index is 1.82. The first-order chi connectivity index (χ1) is 12.8. The van der Waals surface area contributed by atoms with Crippen LogP contribution in [0.15, 0.2) is 12.1 Å². The molecule has 0 bridgehead atoms. The summed E-state index contributed by atoms with van der Waals surface area (Å²) in [4.78, 5) is 15.3. The van der Waals surface area contributed by atoms with Gasteiger partial charge >= 0.3 is 6.18 Å². The van der Waals surface area contributed by atoms with Crippen molar-refractivity contribution >= 4 is 5.91 Å². The molecule has 2 heterocycles. The minimum absolute atomic E-state index is 0.0747. The Labute approximate surface area is 156 Å². The van der Waals surface area contributed by atoms with Gasteiger partial charge in [0.2, 0.25) is 0 Å². The first-order valence-electron chi connectivity index (χ1n) is 9.19. The molecule has 2 fully saturated rings. The minimum Gasteiger partial charge on any atom is -0.496 e. The molecule has 3 rings (SSSR count). The molecule has 1 N–H and O–H groups in total. The summed E-state index contributed by atoms with van der Waals surface area (Å²) >= 11 is 0. The standard InChI is InChI=1S/C19H25F3N2O3/c1-12-9-13(19(20,21)22)10-16(26-2)17(12)18(25)23-14-11-27-8-5-15(14)24-6-3-4-7-24/h9-10,14-15H,3-8,11H2,1-2H3,(H,23,25)/t14-,15?/m1/s1. The lowest BCUT2D eigenvalue weighted by Gasteiger charge is -2.38. The molecular formula is C19H25F3N2O3. The number of amides is 1. The third-order valence-electron chi connectivity index (χ3n) is 5.32. The van der Waals surface area contributed by atoms with E-state index in [1.54, 1.807) is 0 Å². The fourth-order valence-electron chi connectivity index (χ4n) is 3.99. The number of rotatable bonds is 4. The summed E-state index contributed by atoms with van der Waals surface area (Å²) in [6, 6.07) is 1.84. The molecule has 150 valence electrons. The van der Waals surface area contributed by atoms with Gasteiger partial charge in [-0.1, -0.05) is 0 Å². The van der Waals surface area contributed by atoms with Gasteiger partial charge in [-0.05, 0) is 57.0 Å². The lowest BCUT2D eigenvalue weighted by atomic mass is 9.99. The highest BCUT2D eigenvalue weighted by Crippen LogP contribution is 2.35. The predicted molar refractivity (Wildman–Crippen MR) is 94.0 cm³/mol. The average molecular weight is 386 g/mol. The molecule has 0 aromatic heterocycles. The molecule has 0 radical (unpaired) electrons. The second-order valence-electron chi connectivity index (χ2n) is 7.12. The summed E-state index contributed by atoms with van der Waals surface area (Å²) < 4.78 is 49.7. The number of likely N-dealkylation sites (tertiary alicyclic amines) is 1. The zero-order valence-electron chi connectivity index (χ0n) is 15.6. The van der Waals surface area contributed by atoms with E-state index in [1.165, 1.54) is 14.0 Å². The maximum Gasteiger partial charge on any atom is 0.416 e. The highest BCUT2D eigenvalue weighted by molar-refractivity contribution is 5.98. The molecule has 0 aliphatic carbocycles. The number of ether oxygens (including phenoxy) is 2. The van der Waals surface area contributed by atoms with Crippen molar-refractivity contribution in [3.8, 4) is 5.75 Å². The lowest BCUT2D eigenvalue weighted by Crippen LogP contribution is -2.56. The molecule has 2 aliphatic rings. The van der Waals surface area contributed by atoms with Gasteiger partial charge in [-0.15, -0.1) is 0 Å². The van der Waals surface area contributed by atoms with Crippen LogP contribution in [-0.2, 0) is 10.9 Å². The topological polar surface area (TPSA) is 50.8 Å². The van der Waals surface area contributed by atoms with Crippen LogP contribution in [0.5, 0.6) is 5.75 Å². The summed E-state index contributed by atoms with van der Waals surface area (Å²) in [6.07, 6.45) is -1.38. The van der Waals surface area contributed by atoms with Crippen LogP contribution < -0.4 is 10.1 Å². The van der Waals surface area contributed by atoms with Crippen LogP contribution in [0.25, 0.3) is 0 Å². The predicted octanol–water partition coefficient (Wildman–Crippen LogP) is 3.01. The number of aryl methyl sites for hydroxylation is 1. The van der Waals surface area contributed by atoms with E-state index in [9.17, 15) is 18.0 Å². The summed E-state index contributed by atoms with van der Waals surface area (Å²) in [5, 5.41) is 2.97. The van der Waals surface area contributed by atoms with Gasteiger partial charge in [-0.2, -0.15) is 13.2 Å². The maximum atomic E-state index is 13.0. The molecule has 2 aliphatic heterocycles. The van der Waals surface area contributed by atoms with Crippen molar-refractivity contribution in [1.82, 2.24) is 10.2 Å². The van der Waals surface area contributed by atoms with Gasteiger partial charge in [-0.25, -0.2) is 0 Å². The zero-order valence-corrected chi connectivity index (χ0v) is 15.6. The number of carbonyl (C=O) groups excluding carboxylic acids is 1. The second-order valence-corrected chi connectivity index (χ2v) is 7.12. The molecule has 5 nitrogen and oxygen atoms in total. The molecular weight excluding hydrogens is 361 g/mol. The van der Waals surface area contributed by atoms with Crippen molar-refractivity contribution in [2.45, 2.75) is 44.4 Å². The van der Waals surface area contributed by atoms with Gasteiger partial charge in [0, 0.05) is 12.6 Å². The lowest BCUT2D eigenvalue weighted by molar-refractivity contribution is -0.137. The molecule has 2 saturated heterocycles. The summed E-state index contributed by atoms with van der Waals surface area (Å²) in [5.41, 5.74) is -0.464. The van der Waals surface area contributed by atoms with Gasteiger partial charge in [0.15, 0.2) is 0 Å². The molecule has 27 heavy (non-hydrogen) atoms. The van der Waals surface area contributed by atoms with Crippen LogP contribution in [0, 0.1) is 6.92 Å². The zero-order chi connectivity index (χ0) is 19.6. The quantitative estimate of drug-likeness (QED) is 0.864. The maximum absolute atomic E-state index is 13.0. The third kappa shape index (κ3) is 4.38. The van der Waals surface area contributed by atoms with E-state index >= 15 is 0 Å². The third-order valence-corrected chi connectivity index (χ3v) is 5.32. The highest BCUT2D eigenvalue weighted by Gasteiger charge is 2.35. The SMILES string of the molecule is COc1cc(C(F)(F)F)cc(C)c1C(=O)N[C@@H]1COCCC1N1CCCC1. The molecule has 0 spiro atoms. The number of nitrogens with one attached hydrogen (secondary N) is 1. The smallest absolute Gasteiger partial charge is 0.416 e. The first-order valence-corrected chi connectivity index (χ1v) is 9.19. The molecule has 0 saturated carbocycles. The number of hydrogen-bond acceptors (Lipinski definition) is 4. The minimum atomic E-state index is -4.49. The van der Waals surface area contributed by atoms with E-state index in [0.717, 1.165) is 44.5 Å². The Morgan fingerprint density at radius 3 is 2.63 bits per heavy atom. The Kier molecular flexibility index (Phi) is 5.95. The molecule has 2 atom stereocenters. The summed E-state index contributed by atoms with van der Waals surface area (Å²) in [5.74, 6) is -0.507. The number of methoxy groups -OCH3 is 1. The van der Waals surface area contributed by atoms with E-state index in [-0.39, 0.29) is 29.0 Å². The number of hydrogen-bond donors (Lipinski definition) is 1. The van der Waals surface area contributed by atoms with Gasteiger partial charge in [0.05, 0.1) is 30.9 Å². The number of halogens is 3. The van der Waals surface area contributed by atoms with Gasteiger partial charge < -0.3 is 14.8 Å². The van der Waals surface area contributed by atoms with E-state index < -0.39 is 17.6 Å². The Morgan fingerprint density at radius 2 is 2.00 bits per heavy atom. The largest absolute Gasteiger partial charge is 0.496 e. The van der Waals surface area contributed by atoms with E-state index in [0.29, 0.717) is 13.2 Å². The summed E-state index contributed by atoms with van der Waals surface area (Å²) in [7, 11) is 1.27. The average Bonchev–Trinajstić information content (AvgIpc) is 3.15. The van der Waals surface area contributed by atoms with Crippen LogP contribution in [0.3, 0.4) is 0 Å². The first kappa shape index (κ1) is 19.9. The van der Waals surface area contributed by atoms with E-state index in [4.69, 9.17) is 9.47 Å². The summed E-state index contributed by atoms with van der Waals surface area (Å²) in [6.45, 7) is 4.53. The van der Waals surface area contributed by atoms with Gasteiger partial charge in [0.1, 0.15) is 5.75 Å². The van der Waals surface area contributed by atoms with Gasteiger partial charge in [0.25, 0.3) is 5.91 Å². The Morgan fingerprint density at radius 1 is 1.30 bits per heavy atom. The van der Waals surface area contributed by atoms with Crippen molar-refractivity contribution in [3.63, 3.8) is 0 Å². The van der Waals surface area contributed by atoms with Crippen LogP contribution in [0.2, 0.25) is 0 Å². The number of nitrogens with zero attached hydrogens (tertiary/aromatic N) is 1. The molecule has 1 amide bonds. The fourth-order valence-corrected chi connectivity index (χ4v) is 3.99. The van der Waals surface area contributed by atoms with Gasteiger partial charge in [-0.3, -0.25) is 9.69 Å².